The summed E-state index contributed by atoms with van der Waals surface area (Å²) in [7, 11) is 0. The molecule has 0 saturated carbocycles. The number of alkyl halides is 3. The van der Waals surface area contributed by atoms with Gasteiger partial charge in [-0.15, -0.1) is 0 Å². The van der Waals surface area contributed by atoms with Crippen molar-refractivity contribution in [3.8, 4) is 0 Å². The molecule has 1 rings (SSSR count). The second kappa shape index (κ2) is 10.7. The van der Waals surface area contributed by atoms with E-state index < -0.39 is 32.9 Å². The van der Waals surface area contributed by atoms with E-state index in [9.17, 15) is 13.2 Å². The van der Waals surface area contributed by atoms with Crippen molar-refractivity contribution in [2.24, 2.45) is 0 Å². The zero-order chi connectivity index (χ0) is 18.1. The normalized spacial score (nSPS) is 12.6. The van der Waals surface area contributed by atoms with Gasteiger partial charge in [-0.1, -0.05) is 0 Å². The Labute approximate surface area is 155 Å². The average Bonchev–Trinajstić information content (AvgIpc) is 2.56. The molecule has 1 aromatic rings. The summed E-state index contributed by atoms with van der Waals surface area (Å²) in [5, 5.41) is 0. The second-order valence-corrected chi connectivity index (χ2v) is 11.8. The average molecular weight is 448 g/mol. The molecule has 136 valence electrons. The van der Waals surface area contributed by atoms with Crippen molar-refractivity contribution < 1.29 is 13.2 Å². The van der Waals surface area contributed by atoms with Gasteiger partial charge in [0.25, 0.3) is 0 Å². The van der Waals surface area contributed by atoms with E-state index in [1.54, 1.807) is 6.07 Å². The van der Waals surface area contributed by atoms with Crippen LogP contribution in [0.1, 0.15) is 84.1 Å². The summed E-state index contributed by atoms with van der Waals surface area (Å²) in [4.78, 5) is 4.21. The molecule has 5 heteroatoms. The van der Waals surface area contributed by atoms with Crippen LogP contribution in [0.5, 0.6) is 0 Å². The predicted molar refractivity (Wildman–Crippen MR) is 95.9 cm³/mol. The van der Waals surface area contributed by atoms with E-state index in [-0.39, 0.29) is 0 Å². The molecule has 0 aromatic carbocycles. The van der Waals surface area contributed by atoms with Gasteiger partial charge in [0.2, 0.25) is 0 Å². The molecule has 0 saturated heterocycles. The van der Waals surface area contributed by atoms with Gasteiger partial charge in [0.05, 0.1) is 0 Å². The molecule has 2 radical (unpaired) electrons. The summed E-state index contributed by atoms with van der Waals surface area (Å²) in [5.41, 5.74) is -0.632. The van der Waals surface area contributed by atoms with E-state index in [1.165, 1.54) is 63.9 Å². The number of nitrogens with zero attached hydrogens (tertiary/aromatic N) is 1. The molecular formula is C19H30F3NSn. The van der Waals surface area contributed by atoms with E-state index in [0.29, 0.717) is 3.43 Å². The SMILES string of the molecule is CCCC[C](CCCC)(CCCC)[Sn][c]1ccc(C(F)(F)F)cn1. The maximum atomic E-state index is 12.7. The summed E-state index contributed by atoms with van der Waals surface area (Å²) in [5.74, 6) is 0. The number of unbranched alkanes of at least 4 members (excludes halogenated alkanes) is 3. The van der Waals surface area contributed by atoms with Gasteiger partial charge in [0.1, 0.15) is 0 Å². The van der Waals surface area contributed by atoms with Gasteiger partial charge in [-0.3, -0.25) is 0 Å². The number of aromatic nitrogens is 1. The van der Waals surface area contributed by atoms with E-state index in [2.05, 4.69) is 25.8 Å². The monoisotopic (exact) mass is 449 g/mol. The van der Waals surface area contributed by atoms with Crippen molar-refractivity contribution in [3.63, 3.8) is 0 Å². The van der Waals surface area contributed by atoms with E-state index in [0.717, 1.165) is 9.91 Å². The Morgan fingerprint density at radius 1 is 0.875 bits per heavy atom. The predicted octanol–water partition coefficient (Wildman–Crippen LogP) is 6.16. The molecule has 0 atom stereocenters. The third-order valence-electron chi connectivity index (χ3n) is 4.51. The maximum absolute atomic E-state index is 12.7. The molecule has 0 unspecified atom stereocenters. The summed E-state index contributed by atoms with van der Waals surface area (Å²) in [6.45, 7) is 6.64. The minimum atomic E-state index is -4.29. The van der Waals surface area contributed by atoms with E-state index in [4.69, 9.17) is 0 Å². The summed E-state index contributed by atoms with van der Waals surface area (Å²) >= 11 is -1.04. The topological polar surface area (TPSA) is 12.9 Å². The van der Waals surface area contributed by atoms with Crippen LogP contribution >= 0.6 is 0 Å². The Balaban J connectivity index is 2.95. The zero-order valence-corrected chi connectivity index (χ0v) is 18.0. The fourth-order valence-corrected chi connectivity index (χ4v) is 7.99. The molecule has 1 nitrogen and oxygen atoms in total. The van der Waals surface area contributed by atoms with Crippen molar-refractivity contribution in [2.45, 2.75) is 88.2 Å². The fourth-order valence-electron chi connectivity index (χ4n) is 3.02. The first-order chi connectivity index (χ1) is 11.4. The van der Waals surface area contributed by atoms with Gasteiger partial charge < -0.3 is 0 Å². The van der Waals surface area contributed by atoms with Crippen molar-refractivity contribution in [1.82, 2.24) is 4.98 Å². The van der Waals surface area contributed by atoms with Gasteiger partial charge >= 0.3 is 155 Å². The van der Waals surface area contributed by atoms with Gasteiger partial charge in [-0.2, -0.15) is 0 Å². The molecule has 0 spiro atoms. The van der Waals surface area contributed by atoms with E-state index in [1.807, 2.05) is 0 Å². The summed E-state index contributed by atoms with van der Waals surface area (Å²) < 4.78 is 39.5. The Bertz CT molecular complexity index is 435. The molecular weight excluding hydrogens is 418 g/mol. The quantitative estimate of drug-likeness (QED) is 0.370. The first-order valence-corrected chi connectivity index (χ1v) is 12.0. The molecule has 0 aliphatic heterocycles. The van der Waals surface area contributed by atoms with Crippen LogP contribution in [-0.4, -0.2) is 26.1 Å². The molecule has 24 heavy (non-hydrogen) atoms. The number of hydrogen-bond acceptors (Lipinski definition) is 1. The van der Waals surface area contributed by atoms with Crippen molar-refractivity contribution in [3.05, 3.63) is 23.9 Å². The van der Waals surface area contributed by atoms with Gasteiger partial charge in [-0.05, 0) is 0 Å². The first-order valence-electron chi connectivity index (χ1n) is 9.18. The number of hydrogen-bond donors (Lipinski definition) is 0. The van der Waals surface area contributed by atoms with Crippen LogP contribution in [0.4, 0.5) is 13.2 Å². The third-order valence-corrected chi connectivity index (χ3v) is 9.74. The Morgan fingerprint density at radius 2 is 1.38 bits per heavy atom. The zero-order valence-electron chi connectivity index (χ0n) is 15.2. The molecule has 0 fully saturated rings. The standard InChI is InChI=1S/C13H27.C6H3F3N.Sn/c1-4-7-10-13(11-8-5-2)12-9-6-3;7-6(8,9)5-2-1-3-10-4-5;/h4-12H2,1-3H3;1-2,4H;. The van der Waals surface area contributed by atoms with Gasteiger partial charge in [0.15, 0.2) is 0 Å². The fraction of sp³-hybridized carbons (Fsp3) is 0.737. The molecule has 0 aliphatic rings. The molecule has 0 amide bonds. The molecule has 0 N–H and O–H groups in total. The van der Waals surface area contributed by atoms with Crippen molar-refractivity contribution in [1.29, 1.82) is 0 Å². The summed E-state index contributed by atoms with van der Waals surface area (Å²) in [6, 6.07) is 2.86. The van der Waals surface area contributed by atoms with Crippen LogP contribution < -0.4 is 3.71 Å². The van der Waals surface area contributed by atoms with Crippen LogP contribution in [0.25, 0.3) is 0 Å². The minimum absolute atomic E-state index is 0.359. The molecule has 0 aliphatic carbocycles. The van der Waals surface area contributed by atoms with Crippen LogP contribution in [0.2, 0.25) is 3.43 Å². The number of pyridine rings is 1. The Hall–Kier alpha value is -0.261. The van der Waals surface area contributed by atoms with Gasteiger partial charge in [0, 0.05) is 0 Å². The molecule has 1 heterocycles. The van der Waals surface area contributed by atoms with Crippen LogP contribution in [0.15, 0.2) is 18.3 Å². The Kier molecular flexibility index (Phi) is 9.68. The third kappa shape index (κ3) is 7.32. The molecule has 0 bridgehead atoms. The first kappa shape index (κ1) is 21.8. The van der Waals surface area contributed by atoms with E-state index >= 15 is 0 Å². The van der Waals surface area contributed by atoms with Gasteiger partial charge in [-0.25, -0.2) is 0 Å². The van der Waals surface area contributed by atoms with Crippen LogP contribution in [0, 0.1) is 0 Å². The van der Waals surface area contributed by atoms with Crippen molar-refractivity contribution >= 4 is 24.9 Å². The number of rotatable bonds is 11. The Morgan fingerprint density at radius 3 is 1.71 bits per heavy atom. The summed E-state index contributed by atoms with van der Waals surface area (Å²) in [6.07, 6.45) is 7.59. The van der Waals surface area contributed by atoms with Crippen molar-refractivity contribution in [2.75, 3.05) is 0 Å². The number of halogens is 3. The second-order valence-electron chi connectivity index (χ2n) is 6.65. The van der Waals surface area contributed by atoms with Crippen LogP contribution in [0.3, 0.4) is 0 Å². The molecule has 1 aromatic heterocycles. The van der Waals surface area contributed by atoms with Crippen LogP contribution in [-0.2, 0) is 6.18 Å².